The molecule has 4 heteroatoms. The van der Waals surface area contributed by atoms with Crippen molar-refractivity contribution in [2.24, 2.45) is 0 Å². The summed E-state index contributed by atoms with van der Waals surface area (Å²) in [6.45, 7) is 0.341. The number of halogens is 1. The lowest BCUT2D eigenvalue weighted by molar-refractivity contribution is 0.0937. The Bertz CT molecular complexity index is 663. The smallest absolute Gasteiger partial charge is 0.251 e. The number of hydrogen-bond acceptors (Lipinski definition) is 2. The van der Waals surface area contributed by atoms with E-state index in [0.29, 0.717) is 24.0 Å². The Morgan fingerprint density at radius 3 is 2.61 bits per heavy atom. The first-order chi connectivity index (χ1) is 11.2. The number of ether oxygens (including phenoxy) is 1. The predicted octanol–water partition coefficient (Wildman–Crippen LogP) is 4.08. The van der Waals surface area contributed by atoms with Crippen molar-refractivity contribution in [1.82, 2.24) is 5.32 Å². The van der Waals surface area contributed by atoms with Crippen LogP contribution in [0.25, 0.3) is 0 Å². The van der Waals surface area contributed by atoms with Crippen molar-refractivity contribution in [2.45, 2.75) is 38.3 Å². The molecule has 0 spiro atoms. The van der Waals surface area contributed by atoms with Crippen LogP contribution in [0.15, 0.2) is 48.5 Å². The molecular formula is C19H20FNO2. The van der Waals surface area contributed by atoms with Gasteiger partial charge in [-0.2, -0.15) is 0 Å². The Labute approximate surface area is 135 Å². The zero-order chi connectivity index (χ0) is 16.1. The second kappa shape index (κ2) is 7.27. The van der Waals surface area contributed by atoms with Crippen molar-refractivity contribution >= 4 is 5.91 Å². The maximum absolute atomic E-state index is 12.9. The van der Waals surface area contributed by atoms with E-state index < -0.39 is 0 Å². The van der Waals surface area contributed by atoms with Gasteiger partial charge in [-0.15, -0.1) is 0 Å². The Hall–Kier alpha value is -2.36. The molecule has 1 aliphatic carbocycles. The standard InChI is InChI=1S/C19H20FNO2/c20-16-10-8-14(9-11-16)13-23-18-7-3-4-15(12-18)19(22)21-17-5-1-2-6-17/h3-4,7-12,17H,1-2,5-6,13H2,(H,21,22). The number of carbonyl (C=O) groups is 1. The highest BCUT2D eigenvalue weighted by molar-refractivity contribution is 5.94. The summed E-state index contributed by atoms with van der Waals surface area (Å²) in [6, 6.07) is 13.6. The molecular weight excluding hydrogens is 293 g/mol. The molecule has 3 rings (SSSR count). The van der Waals surface area contributed by atoms with Gasteiger partial charge in [0.1, 0.15) is 18.2 Å². The molecule has 0 aliphatic heterocycles. The molecule has 0 saturated heterocycles. The van der Waals surface area contributed by atoms with Gasteiger partial charge in [0.2, 0.25) is 0 Å². The van der Waals surface area contributed by atoms with Gasteiger partial charge in [0, 0.05) is 11.6 Å². The molecule has 1 amide bonds. The first-order valence-electron chi connectivity index (χ1n) is 7.99. The van der Waals surface area contributed by atoms with E-state index in [9.17, 15) is 9.18 Å². The van der Waals surface area contributed by atoms with Crippen LogP contribution < -0.4 is 10.1 Å². The first kappa shape index (κ1) is 15.5. The molecule has 0 bridgehead atoms. The molecule has 120 valence electrons. The van der Waals surface area contributed by atoms with Gasteiger partial charge >= 0.3 is 0 Å². The number of benzene rings is 2. The van der Waals surface area contributed by atoms with E-state index in [2.05, 4.69) is 5.32 Å². The first-order valence-corrected chi connectivity index (χ1v) is 7.99. The molecule has 1 fully saturated rings. The lowest BCUT2D eigenvalue weighted by atomic mass is 10.1. The van der Waals surface area contributed by atoms with Crippen LogP contribution in [-0.4, -0.2) is 11.9 Å². The van der Waals surface area contributed by atoms with Gasteiger partial charge < -0.3 is 10.1 Å². The normalized spacial score (nSPS) is 14.7. The number of rotatable bonds is 5. The van der Waals surface area contributed by atoms with Crippen molar-refractivity contribution in [2.75, 3.05) is 0 Å². The molecule has 1 saturated carbocycles. The largest absolute Gasteiger partial charge is 0.489 e. The van der Waals surface area contributed by atoms with Gasteiger partial charge in [0.15, 0.2) is 0 Å². The van der Waals surface area contributed by atoms with E-state index in [0.717, 1.165) is 18.4 Å². The molecule has 0 unspecified atom stereocenters. The summed E-state index contributed by atoms with van der Waals surface area (Å²) in [4.78, 5) is 12.3. The van der Waals surface area contributed by atoms with E-state index >= 15 is 0 Å². The summed E-state index contributed by atoms with van der Waals surface area (Å²) in [7, 11) is 0. The number of carbonyl (C=O) groups excluding carboxylic acids is 1. The summed E-state index contributed by atoms with van der Waals surface area (Å²) in [5.74, 6) is 0.317. The highest BCUT2D eigenvalue weighted by Gasteiger charge is 2.18. The average Bonchev–Trinajstić information content (AvgIpc) is 3.07. The zero-order valence-corrected chi connectivity index (χ0v) is 12.9. The fourth-order valence-electron chi connectivity index (χ4n) is 2.81. The summed E-state index contributed by atoms with van der Waals surface area (Å²) in [6.07, 6.45) is 4.50. The van der Waals surface area contributed by atoms with Gasteiger partial charge in [0.25, 0.3) is 5.91 Å². The van der Waals surface area contributed by atoms with Crippen molar-refractivity contribution < 1.29 is 13.9 Å². The molecule has 2 aromatic rings. The van der Waals surface area contributed by atoms with Crippen molar-refractivity contribution in [3.63, 3.8) is 0 Å². The quantitative estimate of drug-likeness (QED) is 0.903. The molecule has 2 aromatic carbocycles. The van der Waals surface area contributed by atoms with Crippen LogP contribution in [0.2, 0.25) is 0 Å². The summed E-state index contributed by atoms with van der Waals surface area (Å²) < 4.78 is 18.6. The summed E-state index contributed by atoms with van der Waals surface area (Å²) >= 11 is 0. The van der Waals surface area contributed by atoms with Gasteiger partial charge in [-0.1, -0.05) is 31.0 Å². The number of hydrogen-bond donors (Lipinski definition) is 1. The lowest BCUT2D eigenvalue weighted by Gasteiger charge is -2.13. The van der Waals surface area contributed by atoms with E-state index in [-0.39, 0.29) is 11.7 Å². The molecule has 1 N–H and O–H groups in total. The molecule has 0 aromatic heterocycles. The Kier molecular flexibility index (Phi) is 4.91. The molecule has 1 aliphatic rings. The van der Waals surface area contributed by atoms with Gasteiger partial charge in [-0.25, -0.2) is 4.39 Å². The highest BCUT2D eigenvalue weighted by atomic mass is 19.1. The summed E-state index contributed by atoms with van der Waals surface area (Å²) in [5, 5.41) is 3.07. The maximum atomic E-state index is 12.9. The van der Waals surface area contributed by atoms with Crippen LogP contribution >= 0.6 is 0 Å². The van der Waals surface area contributed by atoms with Gasteiger partial charge in [0.05, 0.1) is 0 Å². The molecule has 0 atom stereocenters. The maximum Gasteiger partial charge on any atom is 0.251 e. The topological polar surface area (TPSA) is 38.3 Å². The third kappa shape index (κ3) is 4.31. The van der Waals surface area contributed by atoms with E-state index in [1.54, 1.807) is 24.3 Å². The van der Waals surface area contributed by atoms with Crippen molar-refractivity contribution in [3.8, 4) is 5.75 Å². The minimum absolute atomic E-state index is 0.0517. The van der Waals surface area contributed by atoms with Gasteiger partial charge in [-0.3, -0.25) is 4.79 Å². The van der Waals surface area contributed by atoms with Crippen LogP contribution in [0.5, 0.6) is 5.75 Å². The number of amides is 1. The van der Waals surface area contributed by atoms with E-state index in [1.807, 2.05) is 12.1 Å². The highest BCUT2D eigenvalue weighted by Crippen LogP contribution is 2.19. The van der Waals surface area contributed by atoms with Crippen LogP contribution in [0.4, 0.5) is 4.39 Å². The second-order valence-corrected chi connectivity index (χ2v) is 5.90. The minimum atomic E-state index is -0.265. The zero-order valence-electron chi connectivity index (χ0n) is 12.9. The molecule has 3 nitrogen and oxygen atoms in total. The predicted molar refractivity (Wildman–Crippen MR) is 86.9 cm³/mol. The van der Waals surface area contributed by atoms with Crippen molar-refractivity contribution in [3.05, 3.63) is 65.5 Å². The third-order valence-electron chi connectivity index (χ3n) is 4.11. The molecule has 0 heterocycles. The fraction of sp³-hybridized carbons (Fsp3) is 0.316. The van der Waals surface area contributed by atoms with Crippen LogP contribution in [0.3, 0.4) is 0 Å². The third-order valence-corrected chi connectivity index (χ3v) is 4.11. The monoisotopic (exact) mass is 313 g/mol. The lowest BCUT2D eigenvalue weighted by Crippen LogP contribution is -2.32. The SMILES string of the molecule is O=C(NC1CCCC1)c1cccc(OCc2ccc(F)cc2)c1. The number of nitrogens with one attached hydrogen (secondary N) is 1. The Morgan fingerprint density at radius 1 is 1.13 bits per heavy atom. The average molecular weight is 313 g/mol. The summed E-state index contributed by atoms with van der Waals surface area (Å²) in [5.41, 5.74) is 1.49. The molecule has 23 heavy (non-hydrogen) atoms. The van der Waals surface area contributed by atoms with E-state index in [4.69, 9.17) is 4.74 Å². The Morgan fingerprint density at radius 2 is 1.87 bits per heavy atom. The van der Waals surface area contributed by atoms with E-state index in [1.165, 1.54) is 25.0 Å². The molecule has 0 radical (unpaired) electrons. The van der Waals surface area contributed by atoms with Crippen LogP contribution in [-0.2, 0) is 6.61 Å². The van der Waals surface area contributed by atoms with Crippen molar-refractivity contribution in [1.29, 1.82) is 0 Å². The minimum Gasteiger partial charge on any atom is -0.489 e. The van der Waals surface area contributed by atoms with Gasteiger partial charge in [-0.05, 0) is 48.7 Å². The fourth-order valence-corrected chi connectivity index (χ4v) is 2.81. The Balaban J connectivity index is 1.60. The van der Waals surface area contributed by atoms with Crippen LogP contribution in [0.1, 0.15) is 41.6 Å². The second-order valence-electron chi connectivity index (χ2n) is 5.90. The van der Waals surface area contributed by atoms with Crippen LogP contribution in [0, 0.1) is 5.82 Å².